The molecule has 136 valence electrons. The van der Waals surface area contributed by atoms with E-state index in [1.807, 2.05) is 12.1 Å². The standard InChI is InChI=1S/C18H22N2O3S.ClH/c1-11(2)12-3-5-13(6-4-12)14(19)9-20-18(21)17-16-15(10-24-17)22-7-8-23-16;/h3-6,10-11,14H,7-9,19H2,1-2H3,(H,20,21);1H. The minimum absolute atomic E-state index is 0. The summed E-state index contributed by atoms with van der Waals surface area (Å²) >= 11 is 1.32. The summed E-state index contributed by atoms with van der Waals surface area (Å²) in [4.78, 5) is 12.9. The zero-order chi connectivity index (χ0) is 17.1. The second-order valence-corrected chi connectivity index (χ2v) is 6.97. The summed E-state index contributed by atoms with van der Waals surface area (Å²) in [6, 6.07) is 7.97. The summed E-state index contributed by atoms with van der Waals surface area (Å²) in [7, 11) is 0. The van der Waals surface area contributed by atoms with Gasteiger partial charge in [0.05, 0.1) is 0 Å². The Labute approximate surface area is 157 Å². The van der Waals surface area contributed by atoms with Gasteiger partial charge in [0.1, 0.15) is 18.1 Å². The lowest BCUT2D eigenvalue weighted by Crippen LogP contribution is -2.32. The topological polar surface area (TPSA) is 73.6 Å². The first-order valence-corrected chi connectivity index (χ1v) is 8.95. The molecule has 1 aromatic heterocycles. The third-order valence-corrected chi connectivity index (χ3v) is 4.96. The van der Waals surface area contributed by atoms with Crippen molar-refractivity contribution in [3.05, 3.63) is 45.6 Å². The number of nitrogens with two attached hydrogens (primary N) is 1. The molecular formula is C18H23ClN2O3S. The number of hydrogen-bond donors (Lipinski definition) is 2. The average Bonchev–Trinajstić information content (AvgIpc) is 3.03. The minimum atomic E-state index is -0.247. The van der Waals surface area contributed by atoms with Gasteiger partial charge in [0, 0.05) is 18.0 Å². The van der Waals surface area contributed by atoms with Crippen LogP contribution in [0.25, 0.3) is 0 Å². The highest BCUT2D eigenvalue weighted by Gasteiger charge is 2.23. The van der Waals surface area contributed by atoms with E-state index in [9.17, 15) is 4.79 Å². The van der Waals surface area contributed by atoms with Crippen LogP contribution in [-0.2, 0) is 0 Å². The van der Waals surface area contributed by atoms with E-state index in [1.165, 1.54) is 16.9 Å². The highest BCUT2D eigenvalue weighted by molar-refractivity contribution is 7.12. The number of fused-ring (bicyclic) bond motifs is 1. The SMILES string of the molecule is CC(C)c1ccc(C(N)CNC(=O)c2scc3c2OCCO3)cc1.Cl. The maximum absolute atomic E-state index is 12.4. The molecule has 0 bridgehead atoms. The van der Waals surface area contributed by atoms with Gasteiger partial charge in [0.15, 0.2) is 11.5 Å². The first-order chi connectivity index (χ1) is 11.6. The van der Waals surface area contributed by atoms with Crippen LogP contribution in [0.3, 0.4) is 0 Å². The Bertz CT molecular complexity index is 716. The van der Waals surface area contributed by atoms with Gasteiger partial charge in [-0.05, 0) is 17.0 Å². The van der Waals surface area contributed by atoms with Gasteiger partial charge < -0.3 is 20.5 Å². The fourth-order valence-electron chi connectivity index (χ4n) is 2.55. The maximum Gasteiger partial charge on any atom is 0.265 e. The molecule has 2 aromatic rings. The van der Waals surface area contributed by atoms with Crippen molar-refractivity contribution in [3.63, 3.8) is 0 Å². The molecule has 5 nitrogen and oxygen atoms in total. The van der Waals surface area contributed by atoms with E-state index in [2.05, 4.69) is 31.3 Å². The van der Waals surface area contributed by atoms with Crippen LogP contribution in [0.4, 0.5) is 0 Å². The fraction of sp³-hybridized carbons (Fsp3) is 0.389. The molecule has 1 amide bonds. The average molecular weight is 383 g/mol. The van der Waals surface area contributed by atoms with Crippen LogP contribution in [0.1, 0.15) is 46.6 Å². The predicted molar refractivity (Wildman–Crippen MR) is 102 cm³/mol. The number of carbonyl (C=O) groups excluding carboxylic acids is 1. The van der Waals surface area contributed by atoms with Crippen molar-refractivity contribution in [3.8, 4) is 11.5 Å². The molecule has 1 atom stereocenters. The van der Waals surface area contributed by atoms with Crippen LogP contribution in [-0.4, -0.2) is 25.7 Å². The van der Waals surface area contributed by atoms with Gasteiger partial charge in [-0.3, -0.25) is 4.79 Å². The number of ether oxygens (including phenoxy) is 2. The molecule has 3 rings (SSSR count). The molecule has 3 N–H and O–H groups in total. The van der Waals surface area contributed by atoms with Crippen LogP contribution in [0.5, 0.6) is 11.5 Å². The molecule has 0 saturated carbocycles. The van der Waals surface area contributed by atoms with Crippen molar-refractivity contribution in [2.75, 3.05) is 19.8 Å². The van der Waals surface area contributed by atoms with Gasteiger partial charge in [0.2, 0.25) is 0 Å². The molecule has 1 aliphatic heterocycles. The van der Waals surface area contributed by atoms with Crippen molar-refractivity contribution < 1.29 is 14.3 Å². The van der Waals surface area contributed by atoms with E-state index in [-0.39, 0.29) is 24.4 Å². The number of nitrogens with one attached hydrogen (secondary N) is 1. The van der Waals surface area contributed by atoms with Crippen molar-refractivity contribution in [2.24, 2.45) is 5.73 Å². The summed E-state index contributed by atoms with van der Waals surface area (Å²) in [5.74, 6) is 1.49. The van der Waals surface area contributed by atoms with Gasteiger partial charge in [-0.25, -0.2) is 0 Å². The number of hydrogen-bond acceptors (Lipinski definition) is 5. The van der Waals surface area contributed by atoms with E-state index in [1.54, 1.807) is 5.38 Å². The van der Waals surface area contributed by atoms with Crippen molar-refractivity contribution in [1.82, 2.24) is 5.32 Å². The molecule has 1 unspecified atom stereocenters. The second kappa shape index (κ2) is 8.56. The smallest absolute Gasteiger partial charge is 0.265 e. The third kappa shape index (κ3) is 4.45. The van der Waals surface area contributed by atoms with Crippen molar-refractivity contribution in [1.29, 1.82) is 0 Å². The Kier molecular flexibility index (Phi) is 6.70. The third-order valence-electron chi connectivity index (χ3n) is 4.02. The van der Waals surface area contributed by atoms with Crippen LogP contribution in [0.15, 0.2) is 29.6 Å². The molecule has 0 saturated heterocycles. The van der Waals surface area contributed by atoms with Crippen LogP contribution in [0.2, 0.25) is 0 Å². The van der Waals surface area contributed by atoms with Crippen LogP contribution in [0, 0.1) is 0 Å². The van der Waals surface area contributed by atoms with Gasteiger partial charge in [-0.1, -0.05) is 38.1 Å². The molecule has 0 radical (unpaired) electrons. The van der Waals surface area contributed by atoms with E-state index in [0.717, 1.165) is 5.56 Å². The largest absolute Gasteiger partial charge is 0.485 e. The number of carbonyl (C=O) groups is 1. The van der Waals surface area contributed by atoms with E-state index in [0.29, 0.717) is 42.1 Å². The predicted octanol–water partition coefficient (Wildman–Crippen LogP) is 3.49. The molecule has 25 heavy (non-hydrogen) atoms. The lowest BCUT2D eigenvalue weighted by atomic mass is 9.99. The second-order valence-electron chi connectivity index (χ2n) is 6.09. The molecule has 7 heteroatoms. The van der Waals surface area contributed by atoms with Gasteiger partial charge in [-0.2, -0.15) is 0 Å². The zero-order valence-electron chi connectivity index (χ0n) is 14.3. The molecule has 2 heterocycles. The molecule has 0 aliphatic carbocycles. The van der Waals surface area contributed by atoms with Gasteiger partial charge in [-0.15, -0.1) is 23.7 Å². The fourth-order valence-corrected chi connectivity index (χ4v) is 3.39. The Morgan fingerprint density at radius 3 is 2.52 bits per heavy atom. The maximum atomic E-state index is 12.4. The molecular weight excluding hydrogens is 360 g/mol. The van der Waals surface area contributed by atoms with Gasteiger partial charge >= 0.3 is 0 Å². The summed E-state index contributed by atoms with van der Waals surface area (Å²) in [6.07, 6.45) is 0. The highest BCUT2D eigenvalue weighted by atomic mass is 35.5. The summed E-state index contributed by atoms with van der Waals surface area (Å²) in [6.45, 7) is 5.66. The Hall–Kier alpha value is -1.76. The van der Waals surface area contributed by atoms with E-state index >= 15 is 0 Å². The van der Waals surface area contributed by atoms with Gasteiger partial charge in [0.25, 0.3) is 5.91 Å². The quantitative estimate of drug-likeness (QED) is 0.830. The minimum Gasteiger partial charge on any atom is -0.485 e. The highest BCUT2D eigenvalue weighted by Crippen LogP contribution is 2.39. The Balaban J connectivity index is 0.00000225. The lowest BCUT2D eigenvalue weighted by Gasteiger charge is -2.17. The zero-order valence-corrected chi connectivity index (χ0v) is 15.9. The first-order valence-electron chi connectivity index (χ1n) is 8.07. The number of thiophene rings is 1. The molecule has 0 fully saturated rings. The molecule has 1 aliphatic rings. The summed E-state index contributed by atoms with van der Waals surface area (Å²) < 4.78 is 11.0. The first kappa shape index (κ1) is 19.6. The number of halogens is 1. The van der Waals surface area contributed by atoms with E-state index in [4.69, 9.17) is 15.2 Å². The number of benzene rings is 1. The Morgan fingerprint density at radius 1 is 1.20 bits per heavy atom. The Morgan fingerprint density at radius 2 is 1.84 bits per heavy atom. The number of amides is 1. The molecule has 0 spiro atoms. The summed E-state index contributed by atoms with van der Waals surface area (Å²) in [5, 5.41) is 4.68. The molecule has 1 aromatic carbocycles. The lowest BCUT2D eigenvalue weighted by molar-refractivity contribution is 0.0946. The summed E-state index contributed by atoms with van der Waals surface area (Å²) in [5.41, 5.74) is 8.48. The van der Waals surface area contributed by atoms with E-state index < -0.39 is 0 Å². The normalized spacial score (nSPS) is 13.9. The van der Waals surface area contributed by atoms with Crippen LogP contribution < -0.4 is 20.5 Å². The van der Waals surface area contributed by atoms with Crippen LogP contribution >= 0.6 is 23.7 Å². The monoisotopic (exact) mass is 382 g/mol. The van der Waals surface area contributed by atoms with Crippen molar-refractivity contribution >= 4 is 29.7 Å². The van der Waals surface area contributed by atoms with Crippen molar-refractivity contribution in [2.45, 2.75) is 25.8 Å². The number of rotatable bonds is 5.